The predicted octanol–water partition coefficient (Wildman–Crippen LogP) is 6.33. The number of nitrogens with one attached hydrogen (secondary N) is 2. The Morgan fingerprint density at radius 3 is 2.41 bits per heavy atom. The number of nitriles is 1. The molecule has 8 rings (SSSR count). The van der Waals surface area contributed by atoms with Crippen LogP contribution in [-0.4, -0.2) is 88.4 Å². The summed E-state index contributed by atoms with van der Waals surface area (Å²) in [7, 11) is 0. The second-order valence-electron chi connectivity index (χ2n) is 15.2. The number of ether oxygens (including phenoxy) is 1. The van der Waals surface area contributed by atoms with Crippen LogP contribution in [0.3, 0.4) is 0 Å². The van der Waals surface area contributed by atoms with E-state index in [4.69, 9.17) is 21.6 Å². The highest BCUT2D eigenvalue weighted by Crippen LogP contribution is 2.32. The Balaban J connectivity index is 0.00000480. The van der Waals surface area contributed by atoms with Crippen molar-refractivity contribution in [2.24, 2.45) is 5.92 Å². The molecule has 1 aliphatic carbocycles. The molecule has 4 aromatic rings. The number of imide groups is 1. The number of likely N-dealkylation sites (tertiary alicyclic amines) is 1. The fourth-order valence-corrected chi connectivity index (χ4v) is 8.90. The van der Waals surface area contributed by atoms with E-state index in [1.54, 1.807) is 29.2 Å². The minimum absolute atomic E-state index is 0. The van der Waals surface area contributed by atoms with Crippen LogP contribution < -0.4 is 25.2 Å². The van der Waals surface area contributed by atoms with Crippen molar-refractivity contribution in [3.63, 3.8) is 0 Å². The molecule has 3 saturated heterocycles. The largest absolute Gasteiger partial charge is 0.490 e. The zero-order valence-corrected chi connectivity index (χ0v) is 32.8. The second kappa shape index (κ2) is 17.5. The van der Waals surface area contributed by atoms with Crippen molar-refractivity contribution in [1.82, 2.24) is 30.3 Å². The standard InChI is InChI=1S/C41H46ClN9O4.ClH/c42-34-24-32(7-4-28(34)25-43)55-31-8-5-29(6-9-31)44-40(53)35-10-11-38(47-46-35)49-20-14-30(15-21-49)48-18-12-27(13-19-48)26-50-22-16-33-36(50)2-1-3-37(33)51-23-17-39(52)45-41(51)54;/h1-4,7,10-11,16,22,24,27,29-31H,5-6,8-9,12-15,17-21,23,26H2,(H,44,53)(H,45,52,54);1H/t29-,31-;. The van der Waals surface area contributed by atoms with Gasteiger partial charge >= 0.3 is 6.03 Å². The number of benzene rings is 2. The Morgan fingerprint density at radius 2 is 1.71 bits per heavy atom. The van der Waals surface area contributed by atoms with Crippen molar-refractivity contribution in [2.45, 2.75) is 82.5 Å². The van der Waals surface area contributed by atoms with Crippen LogP contribution in [0.25, 0.3) is 10.9 Å². The number of rotatable bonds is 9. The molecular formula is C41H47Cl2N9O4. The third kappa shape index (κ3) is 8.73. The Bertz CT molecular complexity index is 2080. The Morgan fingerprint density at radius 1 is 0.929 bits per heavy atom. The number of anilines is 2. The van der Waals surface area contributed by atoms with Gasteiger partial charge in [-0.25, -0.2) is 4.79 Å². The average molecular weight is 801 g/mol. The first kappa shape index (κ1) is 39.3. The van der Waals surface area contributed by atoms with Gasteiger partial charge < -0.3 is 24.4 Å². The molecular weight excluding hydrogens is 753 g/mol. The summed E-state index contributed by atoms with van der Waals surface area (Å²) in [5.41, 5.74) is 2.72. The number of piperidine rings is 2. The van der Waals surface area contributed by atoms with Gasteiger partial charge in [0.2, 0.25) is 5.91 Å². The lowest BCUT2D eigenvalue weighted by atomic mass is 9.92. The highest BCUT2D eigenvalue weighted by Gasteiger charge is 2.31. The van der Waals surface area contributed by atoms with Crippen LogP contribution in [-0.2, 0) is 11.3 Å². The summed E-state index contributed by atoms with van der Waals surface area (Å²) >= 11 is 6.15. The van der Waals surface area contributed by atoms with Crippen LogP contribution in [0.5, 0.6) is 5.75 Å². The molecule has 1 saturated carbocycles. The summed E-state index contributed by atoms with van der Waals surface area (Å²) in [6, 6.07) is 19.3. The number of hydrogen-bond acceptors (Lipinski definition) is 9. The minimum Gasteiger partial charge on any atom is -0.490 e. The quantitative estimate of drug-likeness (QED) is 0.198. The van der Waals surface area contributed by atoms with Crippen molar-refractivity contribution < 1.29 is 19.1 Å². The van der Waals surface area contributed by atoms with E-state index in [1.807, 2.05) is 18.2 Å². The molecule has 4 amide bonds. The molecule has 2 N–H and O–H groups in total. The number of carbonyl (C=O) groups excluding carboxylic acids is 3. The normalized spacial score (nSPS) is 21.3. The maximum atomic E-state index is 13.0. The molecule has 56 heavy (non-hydrogen) atoms. The number of fused-ring (bicyclic) bond motifs is 1. The first-order valence-corrected chi connectivity index (χ1v) is 19.9. The third-order valence-electron chi connectivity index (χ3n) is 11.8. The molecule has 13 nitrogen and oxygen atoms in total. The van der Waals surface area contributed by atoms with Crippen molar-refractivity contribution in [2.75, 3.05) is 42.5 Å². The van der Waals surface area contributed by atoms with Gasteiger partial charge in [0.05, 0.1) is 27.9 Å². The van der Waals surface area contributed by atoms with E-state index < -0.39 is 0 Å². The fourth-order valence-electron chi connectivity index (χ4n) is 8.69. The van der Waals surface area contributed by atoms with E-state index in [0.29, 0.717) is 47.0 Å². The molecule has 0 atom stereocenters. The SMILES string of the molecule is Cl.N#Cc1ccc(O[C@H]2CC[C@H](NC(=O)c3ccc(N4CCC(N5CCC(Cn6ccc7c(N8CCC(=O)NC8=O)cccc76)CC5)CC4)nn3)CC2)cc1Cl. The molecule has 294 valence electrons. The number of urea groups is 1. The molecule has 5 heterocycles. The summed E-state index contributed by atoms with van der Waals surface area (Å²) in [6.07, 6.45) is 10.1. The molecule has 4 fully saturated rings. The van der Waals surface area contributed by atoms with Gasteiger partial charge in [-0.3, -0.25) is 19.8 Å². The van der Waals surface area contributed by atoms with E-state index in [1.165, 1.54) is 0 Å². The zero-order valence-electron chi connectivity index (χ0n) is 31.2. The van der Waals surface area contributed by atoms with Crippen LogP contribution >= 0.6 is 24.0 Å². The van der Waals surface area contributed by atoms with Gasteiger partial charge in [-0.1, -0.05) is 17.7 Å². The van der Waals surface area contributed by atoms with Crippen molar-refractivity contribution in [3.05, 3.63) is 77.1 Å². The van der Waals surface area contributed by atoms with Gasteiger partial charge in [-0.05, 0) is 113 Å². The van der Waals surface area contributed by atoms with E-state index >= 15 is 0 Å². The second-order valence-corrected chi connectivity index (χ2v) is 15.6. The maximum Gasteiger partial charge on any atom is 0.328 e. The smallest absolute Gasteiger partial charge is 0.328 e. The lowest BCUT2D eigenvalue weighted by Crippen LogP contribution is -2.49. The lowest BCUT2D eigenvalue weighted by molar-refractivity contribution is -0.120. The summed E-state index contributed by atoms with van der Waals surface area (Å²) in [6.45, 7) is 5.34. The Kier molecular flexibility index (Phi) is 12.3. The molecule has 15 heteroatoms. The molecule has 2 aromatic heterocycles. The van der Waals surface area contributed by atoms with E-state index in [2.05, 4.69) is 59.6 Å². The van der Waals surface area contributed by atoms with Gasteiger partial charge in [0.25, 0.3) is 5.91 Å². The number of halogens is 2. The maximum absolute atomic E-state index is 13.0. The van der Waals surface area contributed by atoms with Gasteiger partial charge in [0.15, 0.2) is 11.5 Å². The number of nitrogens with zero attached hydrogens (tertiary/aromatic N) is 7. The van der Waals surface area contributed by atoms with E-state index in [0.717, 1.165) is 106 Å². The van der Waals surface area contributed by atoms with Gasteiger partial charge in [0, 0.05) is 62.3 Å². The molecule has 3 aliphatic heterocycles. The number of aromatic nitrogens is 3. The van der Waals surface area contributed by atoms with Crippen molar-refractivity contribution in [3.8, 4) is 11.8 Å². The number of hydrogen-bond donors (Lipinski definition) is 2. The fraction of sp³-hybridized carbons (Fsp3) is 0.463. The van der Waals surface area contributed by atoms with Crippen LogP contribution in [0.1, 0.15) is 73.8 Å². The molecule has 4 aliphatic rings. The molecule has 0 radical (unpaired) electrons. The molecule has 0 unspecified atom stereocenters. The summed E-state index contributed by atoms with van der Waals surface area (Å²) in [4.78, 5) is 43.8. The van der Waals surface area contributed by atoms with Crippen molar-refractivity contribution in [1.29, 1.82) is 5.26 Å². The van der Waals surface area contributed by atoms with E-state index in [-0.39, 0.29) is 42.4 Å². The monoisotopic (exact) mass is 799 g/mol. The highest BCUT2D eigenvalue weighted by molar-refractivity contribution is 6.31. The summed E-state index contributed by atoms with van der Waals surface area (Å²) in [5, 5.41) is 24.8. The van der Waals surface area contributed by atoms with Crippen LogP contribution in [0.15, 0.2) is 60.8 Å². The van der Waals surface area contributed by atoms with Crippen molar-refractivity contribution >= 4 is 64.3 Å². The summed E-state index contributed by atoms with van der Waals surface area (Å²) in [5.74, 6) is 1.62. The zero-order chi connectivity index (χ0) is 37.9. The minimum atomic E-state index is -0.354. The van der Waals surface area contributed by atoms with Crippen LogP contribution in [0.2, 0.25) is 5.02 Å². The topological polar surface area (TPSA) is 149 Å². The first-order chi connectivity index (χ1) is 26.8. The summed E-state index contributed by atoms with van der Waals surface area (Å²) < 4.78 is 8.41. The number of amides is 4. The number of carbonyl (C=O) groups is 3. The van der Waals surface area contributed by atoms with Gasteiger partial charge in [-0.2, -0.15) is 5.26 Å². The van der Waals surface area contributed by atoms with Gasteiger partial charge in [-0.15, -0.1) is 22.6 Å². The van der Waals surface area contributed by atoms with Gasteiger partial charge in [0.1, 0.15) is 11.8 Å². The van der Waals surface area contributed by atoms with Crippen LogP contribution in [0, 0.1) is 17.2 Å². The lowest BCUT2D eigenvalue weighted by Gasteiger charge is -2.42. The van der Waals surface area contributed by atoms with E-state index in [9.17, 15) is 14.4 Å². The molecule has 2 aromatic carbocycles. The molecule has 0 bridgehead atoms. The highest BCUT2D eigenvalue weighted by atomic mass is 35.5. The average Bonchev–Trinajstić information content (AvgIpc) is 3.62. The Hall–Kier alpha value is -4.90. The predicted molar refractivity (Wildman–Crippen MR) is 217 cm³/mol. The third-order valence-corrected chi connectivity index (χ3v) is 12.1. The molecule has 0 spiro atoms. The first-order valence-electron chi connectivity index (χ1n) is 19.5. The van der Waals surface area contributed by atoms with Crippen LogP contribution in [0.4, 0.5) is 16.3 Å². The Labute approximate surface area is 337 Å².